The molecule has 2 aromatic heterocycles. The summed E-state index contributed by atoms with van der Waals surface area (Å²) in [5, 5.41) is 10.4. The average molecular weight is 917 g/mol. The molecule has 13 nitrogen and oxygen atoms in total. The molecule has 1 unspecified atom stereocenters. The van der Waals surface area contributed by atoms with Crippen LogP contribution in [0.3, 0.4) is 0 Å². The van der Waals surface area contributed by atoms with Gasteiger partial charge in [-0.15, -0.1) is 0 Å². The number of pyridine rings is 1. The minimum atomic E-state index is -2.71. The lowest BCUT2D eigenvalue weighted by molar-refractivity contribution is -0.134. The maximum Gasteiger partial charge on any atom is 0.234 e. The van der Waals surface area contributed by atoms with Crippen LogP contribution < -0.4 is 30.9 Å². The molecule has 3 N–H and O–H groups in total. The number of carbonyl (C=O) groups is 2. The lowest BCUT2D eigenvalue weighted by atomic mass is 9.89. The highest BCUT2D eigenvalue weighted by Gasteiger charge is 2.33. The topological polar surface area (TPSA) is 145 Å². The summed E-state index contributed by atoms with van der Waals surface area (Å²) >= 11 is 3.57. The molecule has 3 aromatic carbocycles. The Morgan fingerprint density at radius 3 is 2.34 bits per heavy atom. The lowest BCUT2D eigenvalue weighted by Gasteiger charge is -2.43. The van der Waals surface area contributed by atoms with Crippen LogP contribution in [0.2, 0.25) is 0 Å². The summed E-state index contributed by atoms with van der Waals surface area (Å²) in [5.41, 5.74) is 3.48. The van der Waals surface area contributed by atoms with Crippen molar-refractivity contribution in [3.05, 3.63) is 94.2 Å². The number of nitrogens with zero attached hydrogens (tertiary/aromatic N) is 6. The number of halogens is 3. The monoisotopic (exact) mass is 915 g/mol. The number of hydrogen-bond donors (Lipinski definition) is 3. The Labute approximate surface area is 362 Å². The molecular formula is C44H49BrF2N9O4P. The molecule has 0 saturated carbocycles. The number of aromatic nitrogens is 3. The molecule has 0 radical (unpaired) electrons. The van der Waals surface area contributed by atoms with Gasteiger partial charge in [0.2, 0.25) is 17.8 Å². The summed E-state index contributed by atoms with van der Waals surface area (Å²) in [7, 11) is -1.07. The van der Waals surface area contributed by atoms with Crippen molar-refractivity contribution in [3.8, 4) is 5.75 Å². The predicted molar refractivity (Wildman–Crippen MR) is 239 cm³/mol. The molecular weight excluding hydrogens is 867 g/mol. The normalized spacial score (nSPS) is 18.3. The van der Waals surface area contributed by atoms with Gasteiger partial charge in [0.25, 0.3) is 0 Å². The number of methoxy groups -OCH3 is 1. The summed E-state index contributed by atoms with van der Waals surface area (Å²) in [6.07, 6.45) is 6.08. The maximum atomic E-state index is 15.1. The first-order valence-electron chi connectivity index (χ1n) is 20.6. The molecule has 1 atom stereocenters. The van der Waals surface area contributed by atoms with Crippen LogP contribution in [-0.2, 0) is 20.6 Å². The van der Waals surface area contributed by atoms with E-state index in [0.29, 0.717) is 63.2 Å². The number of hydrogen-bond acceptors (Lipinski definition) is 12. The Kier molecular flexibility index (Phi) is 12.7. The van der Waals surface area contributed by atoms with Crippen molar-refractivity contribution < 1.29 is 27.7 Å². The molecule has 17 heteroatoms. The molecule has 3 aliphatic rings. The highest BCUT2D eigenvalue weighted by molar-refractivity contribution is 9.10. The van der Waals surface area contributed by atoms with E-state index in [2.05, 4.69) is 62.6 Å². The summed E-state index contributed by atoms with van der Waals surface area (Å²) in [6, 6.07) is 16.9. The molecule has 8 rings (SSSR count). The average Bonchev–Trinajstić information content (AvgIpc) is 3.24. The molecule has 2 amide bonds. The molecule has 0 spiro atoms. The Balaban J connectivity index is 0.837. The van der Waals surface area contributed by atoms with Gasteiger partial charge in [0.05, 0.1) is 40.6 Å². The largest absolute Gasteiger partial charge is 0.494 e. The molecule has 3 fully saturated rings. The third-order valence-corrected chi connectivity index (χ3v) is 14.0. The number of nitrogens with one attached hydrogen (secondary N) is 3. The first-order valence-corrected chi connectivity index (χ1v) is 23.9. The number of imide groups is 1. The Morgan fingerprint density at radius 2 is 1.64 bits per heavy atom. The van der Waals surface area contributed by atoms with E-state index in [1.54, 1.807) is 32.8 Å². The van der Waals surface area contributed by atoms with Crippen LogP contribution in [-0.4, -0.2) is 109 Å². The van der Waals surface area contributed by atoms with Crippen molar-refractivity contribution in [1.29, 1.82) is 0 Å². The van der Waals surface area contributed by atoms with Crippen LogP contribution in [0, 0.1) is 11.6 Å². The third-order valence-electron chi connectivity index (χ3n) is 11.9. The quantitative estimate of drug-likeness (QED) is 0.0864. The van der Waals surface area contributed by atoms with Gasteiger partial charge in [0.1, 0.15) is 30.3 Å². The van der Waals surface area contributed by atoms with Gasteiger partial charge in [0.15, 0.2) is 0 Å². The number of benzene rings is 3. The van der Waals surface area contributed by atoms with Crippen molar-refractivity contribution in [2.24, 2.45) is 0 Å². The number of ether oxygens (including phenoxy) is 1. The van der Waals surface area contributed by atoms with E-state index in [4.69, 9.17) is 9.72 Å². The van der Waals surface area contributed by atoms with E-state index in [0.717, 1.165) is 68.7 Å². The lowest BCUT2D eigenvalue weighted by Crippen LogP contribution is -2.53. The molecule has 3 aliphatic heterocycles. The fourth-order valence-corrected chi connectivity index (χ4v) is 10.5. The molecule has 320 valence electrons. The van der Waals surface area contributed by atoms with Gasteiger partial charge in [-0.05, 0) is 90.8 Å². The van der Waals surface area contributed by atoms with Crippen molar-refractivity contribution in [2.45, 2.75) is 44.1 Å². The van der Waals surface area contributed by atoms with E-state index < -0.39 is 36.5 Å². The number of fused-ring (bicyclic) bond motifs is 1. The van der Waals surface area contributed by atoms with Crippen molar-refractivity contribution >= 4 is 79.9 Å². The van der Waals surface area contributed by atoms with E-state index >= 15 is 8.78 Å². The third kappa shape index (κ3) is 9.57. The van der Waals surface area contributed by atoms with Crippen LogP contribution in [0.25, 0.3) is 10.9 Å². The van der Waals surface area contributed by atoms with Crippen molar-refractivity contribution in [2.75, 3.05) is 81.8 Å². The van der Waals surface area contributed by atoms with Crippen molar-refractivity contribution in [1.82, 2.24) is 30.1 Å². The summed E-state index contributed by atoms with van der Waals surface area (Å²) < 4.78 is 50.1. The zero-order valence-corrected chi connectivity index (χ0v) is 36.9. The second kappa shape index (κ2) is 18.1. The van der Waals surface area contributed by atoms with Gasteiger partial charge in [-0.2, -0.15) is 4.98 Å². The number of piperazine rings is 1. The molecule has 3 saturated heterocycles. The van der Waals surface area contributed by atoms with E-state index in [1.165, 1.54) is 12.1 Å². The predicted octanol–water partition coefficient (Wildman–Crippen LogP) is 7.16. The Hall–Kier alpha value is -5.02. The fourth-order valence-electron chi connectivity index (χ4n) is 8.75. The van der Waals surface area contributed by atoms with Crippen molar-refractivity contribution in [3.63, 3.8) is 0 Å². The van der Waals surface area contributed by atoms with E-state index in [-0.39, 0.29) is 18.4 Å². The van der Waals surface area contributed by atoms with Crippen LogP contribution in [0.1, 0.15) is 42.7 Å². The maximum absolute atomic E-state index is 15.1. The fraction of sp³-hybridized carbons (Fsp3) is 0.386. The Bertz CT molecular complexity index is 2490. The number of anilines is 5. The van der Waals surface area contributed by atoms with Gasteiger partial charge in [-0.25, -0.2) is 13.8 Å². The highest BCUT2D eigenvalue weighted by Crippen LogP contribution is 2.42. The summed E-state index contributed by atoms with van der Waals surface area (Å²) in [6.45, 7) is 9.64. The van der Waals surface area contributed by atoms with Crippen LogP contribution in [0.15, 0.2) is 71.5 Å². The first-order chi connectivity index (χ1) is 29.3. The van der Waals surface area contributed by atoms with Crippen LogP contribution in [0.4, 0.5) is 37.6 Å². The SMILES string of the molecule is COc1cc(N2CCC(N3CCN(CCc4cc(F)c(C5CCC(=O)NC5=O)c(F)c4)CC3)CC2)ccc1Nc1ncc(Br)c(Nc2cnc3ccccc3c2P(C)(C)=O)n1. The molecule has 0 aliphatic carbocycles. The molecule has 61 heavy (non-hydrogen) atoms. The molecule has 5 aromatic rings. The number of para-hydroxylation sites is 1. The van der Waals surface area contributed by atoms with E-state index in [1.807, 2.05) is 36.4 Å². The standard InChI is InChI=1S/C44H49BrF2N9O4P/c1-60-38-24-29(8-10-36(38)51-44-49-25-32(45)42(53-44)50-37-26-48-35-7-5-4-6-30(35)41(37)61(2,3)59)55-16-13-28(14-17-55)56-20-18-54(19-21-56)15-12-27-22-33(46)40(34(47)23-27)31-9-11-39(57)52-43(31)58/h4-8,10,22-26,28,31H,9,11-21H2,1-3H3,(H,52,57,58)(H2,49,50,51,53). The number of amides is 2. The number of piperidine rings is 2. The van der Waals surface area contributed by atoms with Gasteiger partial charge in [-0.3, -0.25) is 24.8 Å². The van der Waals surface area contributed by atoms with Crippen LogP contribution in [0.5, 0.6) is 5.75 Å². The molecule has 0 bridgehead atoms. The second-order valence-electron chi connectivity index (χ2n) is 16.2. The smallest absolute Gasteiger partial charge is 0.234 e. The van der Waals surface area contributed by atoms with Gasteiger partial charge in [-0.1, -0.05) is 18.2 Å². The minimum absolute atomic E-state index is 0.0646. The summed E-state index contributed by atoms with van der Waals surface area (Å²) in [4.78, 5) is 44.9. The Morgan fingerprint density at radius 1 is 0.902 bits per heavy atom. The summed E-state index contributed by atoms with van der Waals surface area (Å²) in [5.74, 6) is -2.02. The first kappa shape index (κ1) is 42.7. The minimum Gasteiger partial charge on any atom is -0.494 e. The zero-order valence-electron chi connectivity index (χ0n) is 34.4. The zero-order chi connectivity index (χ0) is 42.8. The molecule has 5 heterocycles. The highest BCUT2D eigenvalue weighted by atomic mass is 79.9. The van der Waals surface area contributed by atoms with Gasteiger partial charge >= 0.3 is 0 Å². The van der Waals surface area contributed by atoms with Gasteiger partial charge < -0.3 is 29.7 Å². The van der Waals surface area contributed by atoms with Crippen LogP contribution >= 0.6 is 23.1 Å². The number of rotatable bonds is 12. The van der Waals surface area contributed by atoms with Gasteiger partial charge in [0, 0.05) is 92.5 Å². The second-order valence-corrected chi connectivity index (χ2v) is 20.2. The van der Waals surface area contributed by atoms with E-state index in [9.17, 15) is 14.2 Å². The number of carbonyl (C=O) groups excluding carboxylic acids is 2.